The van der Waals surface area contributed by atoms with Crippen molar-refractivity contribution < 1.29 is 0 Å². The van der Waals surface area contributed by atoms with Crippen molar-refractivity contribution in [2.24, 2.45) is 11.8 Å². The predicted octanol–water partition coefficient (Wildman–Crippen LogP) is 2.50. The van der Waals surface area contributed by atoms with E-state index in [1.165, 1.54) is 58.2 Å². The van der Waals surface area contributed by atoms with Crippen molar-refractivity contribution in [2.75, 3.05) is 26.7 Å². The molecular weight excluding hydrogens is 196 g/mol. The molecule has 1 aliphatic carbocycles. The molecule has 1 saturated carbocycles. The van der Waals surface area contributed by atoms with E-state index in [-0.39, 0.29) is 0 Å². The standard InChI is InChI=1S/C14H28N2/c1-12(14-5-6-14)16(2)11-3-4-13-7-9-15-10-8-13/h12-15H,3-11H2,1-2H3. The molecule has 1 atom stereocenters. The first kappa shape index (κ1) is 12.4. The van der Waals surface area contributed by atoms with Gasteiger partial charge < -0.3 is 10.2 Å². The molecule has 1 N–H and O–H groups in total. The lowest BCUT2D eigenvalue weighted by Crippen LogP contribution is -2.32. The third-order valence-corrected chi connectivity index (χ3v) is 4.58. The highest BCUT2D eigenvalue weighted by Crippen LogP contribution is 2.34. The van der Waals surface area contributed by atoms with Crippen LogP contribution in [-0.2, 0) is 0 Å². The second-order valence-electron chi connectivity index (χ2n) is 5.89. The summed E-state index contributed by atoms with van der Waals surface area (Å²) in [6, 6.07) is 0.827. The molecule has 2 nitrogen and oxygen atoms in total. The molecule has 0 spiro atoms. The van der Waals surface area contributed by atoms with Gasteiger partial charge in [0.05, 0.1) is 0 Å². The Bertz CT molecular complexity index is 195. The summed E-state index contributed by atoms with van der Waals surface area (Å²) in [7, 11) is 2.31. The van der Waals surface area contributed by atoms with Gasteiger partial charge in [0.25, 0.3) is 0 Å². The van der Waals surface area contributed by atoms with E-state index in [1.54, 1.807) is 0 Å². The van der Waals surface area contributed by atoms with Gasteiger partial charge in [0, 0.05) is 6.04 Å². The third kappa shape index (κ3) is 3.74. The number of hydrogen-bond acceptors (Lipinski definition) is 2. The van der Waals surface area contributed by atoms with Gasteiger partial charge in [-0.25, -0.2) is 0 Å². The Balaban J connectivity index is 1.55. The largest absolute Gasteiger partial charge is 0.317 e. The summed E-state index contributed by atoms with van der Waals surface area (Å²) in [5.74, 6) is 2.02. The summed E-state index contributed by atoms with van der Waals surface area (Å²) in [5, 5.41) is 3.44. The third-order valence-electron chi connectivity index (χ3n) is 4.58. The highest BCUT2D eigenvalue weighted by atomic mass is 15.1. The summed E-state index contributed by atoms with van der Waals surface area (Å²) in [6.07, 6.45) is 8.60. The Labute approximate surface area is 101 Å². The molecule has 0 bridgehead atoms. The lowest BCUT2D eigenvalue weighted by atomic mass is 9.93. The highest BCUT2D eigenvalue weighted by molar-refractivity contribution is 4.84. The second kappa shape index (κ2) is 6.02. The van der Waals surface area contributed by atoms with Crippen LogP contribution in [0.1, 0.15) is 45.4 Å². The second-order valence-corrected chi connectivity index (χ2v) is 5.89. The van der Waals surface area contributed by atoms with Gasteiger partial charge in [0.2, 0.25) is 0 Å². The molecule has 0 aromatic heterocycles. The van der Waals surface area contributed by atoms with Crippen LogP contribution in [0.4, 0.5) is 0 Å². The van der Waals surface area contributed by atoms with Crippen LogP contribution in [0.15, 0.2) is 0 Å². The average molecular weight is 224 g/mol. The number of piperidine rings is 1. The quantitative estimate of drug-likeness (QED) is 0.746. The van der Waals surface area contributed by atoms with E-state index in [0.29, 0.717) is 0 Å². The van der Waals surface area contributed by atoms with Crippen molar-refractivity contribution >= 4 is 0 Å². The predicted molar refractivity (Wildman–Crippen MR) is 69.6 cm³/mol. The molecule has 0 aromatic rings. The van der Waals surface area contributed by atoms with Gasteiger partial charge in [-0.1, -0.05) is 0 Å². The molecule has 2 heteroatoms. The lowest BCUT2D eigenvalue weighted by Gasteiger charge is -2.27. The van der Waals surface area contributed by atoms with Crippen molar-refractivity contribution in [3.8, 4) is 0 Å². The maximum Gasteiger partial charge on any atom is 0.00921 e. The van der Waals surface area contributed by atoms with Crippen molar-refractivity contribution in [3.63, 3.8) is 0 Å². The minimum absolute atomic E-state index is 0.827. The molecule has 1 heterocycles. The number of nitrogens with one attached hydrogen (secondary N) is 1. The fraction of sp³-hybridized carbons (Fsp3) is 1.00. The molecule has 0 amide bonds. The summed E-state index contributed by atoms with van der Waals surface area (Å²) < 4.78 is 0. The molecule has 16 heavy (non-hydrogen) atoms. The van der Waals surface area contributed by atoms with Crippen LogP contribution in [0, 0.1) is 11.8 Å². The van der Waals surface area contributed by atoms with Crippen LogP contribution >= 0.6 is 0 Å². The Morgan fingerprint density at radius 3 is 2.50 bits per heavy atom. The van der Waals surface area contributed by atoms with Crippen molar-refractivity contribution in [1.29, 1.82) is 0 Å². The topological polar surface area (TPSA) is 15.3 Å². The zero-order valence-electron chi connectivity index (χ0n) is 11.0. The number of rotatable bonds is 6. The zero-order chi connectivity index (χ0) is 11.4. The van der Waals surface area contributed by atoms with Crippen molar-refractivity contribution in [3.05, 3.63) is 0 Å². The van der Waals surface area contributed by atoms with E-state index >= 15 is 0 Å². The fourth-order valence-corrected chi connectivity index (χ4v) is 2.94. The zero-order valence-corrected chi connectivity index (χ0v) is 11.0. The molecule has 94 valence electrons. The molecule has 1 saturated heterocycles. The maximum absolute atomic E-state index is 3.44. The first-order chi connectivity index (χ1) is 7.77. The average Bonchev–Trinajstić information content (AvgIpc) is 3.13. The van der Waals surface area contributed by atoms with Crippen molar-refractivity contribution in [1.82, 2.24) is 10.2 Å². The molecule has 0 aromatic carbocycles. The van der Waals surface area contributed by atoms with Crippen LogP contribution < -0.4 is 5.32 Å². The summed E-state index contributed by atoms with van der Waals surface area (Å²) >= 11 is 0. The van der Waals surface area contributed by atoms with Crippen LogP contribution in [-0.4, -0.2) is 37.6 Å². The Kier molecular flexibility index (Phi) is 4.66. The molecule has 0 radical (unpaired) electrons. The highest BCUT2D eigenvalue weighted by Gasteiger charge is 2.30. The van der Waals surface area contributed by atoms with Gasteiger partial charge >= 0.3 is 0 Å². The maximum atomic E-state index is 3.44. The minimum atomic E-state index is 0.827. The van der Waals surface area contributed by atoms with E-state index in [0.717, 1.165) is 17.9 Å². The monoisotopic (exact) mass is 224 g/mol. The smallest absolute Gasteiger partial charge is 0.00921 e. The normalized spacial score (nSPS) is 24.9. The van der Waals surface area contributed by atoms with Crippen molar-refractivity contribution in [2.45, 2.75) is 51.5 Å². The molecular formula is C14H28N2. The van der Waals surface area contributed by atoms with Gasteiger partial charge in [-0.3, -0.25) is 0 Å². The number of hydrogen-bond donors (Lipinski definition) is 1. The van der Waals surface area contributed by atoms with E-state index in [9.17, 15) is 0 Å². The first-order valence-corrected chi connectivity index (χ1v) is 7.18. The molecule has 2 fully saturated rings. The summed E-state index contributed by atoms with van der Waals surface area (Å²) in [5.41, 5.74) is 0. The van der Waals surface area contributed by atoms with E-state index in [2.05, 4.69) is 24.2 Å². The molecule has 2 rings (SSSR count). The van der Waals surface area contributed by atoms with Crippen LogP contribution in [0.2, 0.25) is 0 Å². The minimum Gasteiger partial charge on any atom is -0.317 e. The van der Waals surface area contributed by atoms with E-state index in [4.69, 9.17) is 0 Å². The van der Waals surface area contributed by atoms with E-state index in [1.807, 2.05) is 0 Å². The molecule has 1 aliphatic heterocycles. The Morgan fingerprint density at radius 1 is 1.19 bits per heavy atom. The Morgan fingerprint density at radius 2 is 1.88 bits per heavy atom. The number of nitrogens with zero attached hydrogens (tertiary/aromatic N) is 1. The molecule has 1 unspecified atom stereocenters. The summed E-state index contributed by atoms with van der Waals surface area (Å²) in [4.78, 5) is 2.58. The van der Waals surface area contributed by atoms with Gasteiger partial charge in [0.15, 0.2) is 0 Å². The van der Waals surface area contributed by atoms with Gasteiger partial charge in [-0.05, 0) is 84.0 Å². The van der Waals surface area contributed by atoms with Crippen LogP contribution in [0.5, 0.6) is 0 Å². The van der Waals surface area contributed by atoms with E-state index < -0.39 is 0 Å². The Hall–Kier alpha value is -0.0800. The van der Waals surface area contributed by atoms with Crippen LogP contribution in [0.3, 0.4) is 0 Å². The SMILES string of the molecule is CC(C1CC1)N(C)CCCC1CCNCC1. The first-order valence-electron chi connectivity index (χ1n) is 7.18. The van der Waals surface area contributed by atoms with Gasteiger partial charge in [-0.15, -0.1) is 0 Å². The fourth-order valence-electron chi connectivity index (χ4n) is 2.94. The van der Waals surface area contributed by atoms with Gasteiger partial charge in [-0.2, -0.15) is 0 Å². The van der Waals surface area contributed by atoms with Crippen LogP contribution in [0.25, 0.3) is 0 Å². The molecule has 2 aliphatic rings. The summed E-state index contributed by atoms with van der Waals surface area (Å²) in [6.45, 7) is 6.21. The van der Waals surface area contributed by atoms with Gasteiger partial charge in [0.1, 0.15) is 0 Å². The lowest BCUT2D eigenvalue weighted by molar-refractivity contribution is 0.220.